The first-order valence-electron chi connectivity index (χ1n) is 4.33. The van der Waals surface area contributed by atoms with E-state index in [1.807, 2.05) is 12.1 Å². The lowest BCUT2D eigenvalue weighted by molar-refractivity contribution is 0.515. The Labute approximate surface area is 83.9 Å². The molecule has 0 saturated carbocycles. The number of rotatable bonds is 2. The van der Waals surface area contributed by atoms with E-state index in [4.69, 9.17) is 23.1 Å². The van der Waals surface area contributed by atoms with Gasteiger partial charge in [0.05, 0.1) is 0 Å². The molecular weight excluding hydrogens is 184 g/mol. The van der Waals surface area contributed by atoms with E-state index in [-0.39, 0.29) is 6.04 Å². The molecule has 0 radical (unpaired) electrons. The first kappa shape index (κ1) is 10.4. The zero-order valence-electron chi connectivity index (χ0n) is 7.92. The number of hydrogen-bond acceptors (Lipinski definition) is 2. The van der Waals surface area contributed by atoms with Crippen molar-refractivity contribution in [3.63, 3.8) is 0 Å². The zero-order chi connectivity index (χ0) is 10.0. The number of anilines is 1. The molecule has 0 heterocycles. The van der Waals surface area contributed by atoms with Crippen LogP contribution >= 0.6 is 11.6 Å². The van der Waals surface area contributed by atoms with E-state index in [1.165, 1.54) is 0 Å². The summed E-state index contributed by atoms with van der Waals surface area (Å²) in [7, 11) is 0. The molecule has 4 N–H and O–H groups in total. The van der Waals surface area contributed by atoms with Gasteiger partial charge in [0.1, 0.15) is 0 Å². The molecule has 0 aliphatic heterocycles. The second-order valence-electron chi connectivity index (χ2n) is 3.54. The van der Waals surface area contributed by atoms with E-state index in [1.54, 1.807) is 6.07 Å². The molecule has 72 valence electrons. The van der Waals surface area contributed by atoms with Crippen molar-refractivity contribution in [3.8, 4) is 0 Å². The van der Waals surface area contributed by atoms with Gasteiger partial charge in [0.15, 0.2) is 0 Å². The molecule has 0 fully saturated rings. The SMILES string of the molecule is CC(C)[C@@H](N)c1ccc(Cl)cc1N. The first-order valence-corrected chi connectivity index (χ1v) is 4.70. The molecule has 0 aromatic heterocycles. The van der Waals surface area contributed by atoms with E-state index in [2.05, 4.69) is 13.8 Å². The van der Waals surface area contributed by atoms with Gasteiger partial charge in [-0.2, -0.15) is 0 Å². The summed E-state index contributed by atoms with van der Waals surface area (Å²) in [5.41, 5.74) is 13.4. The Kier molecular flexibility index (Phi) is 3.17. The second-order valence-corrected chi connectivity index (χ2v) is 3.98. The fraction of sp³-hybridized carbons (Fsp3) is 0.400. The van der Waals surface area contributed by atoms with E-state index < -0.39 is 0 Å². The van der Waals surface area contributed by atoms with Gasteiger partial charge in [-0.1, -0.05) is 31.5 Å². The maximum Gasteiger partial charge on any atom is 0.0426 e. The number of nitrogen functional groups attached to an aromatic ring is 1. The average molecular weight is 199 g/mol. The molecule has 1 rings (SSSR count). The molecule has 1 atom stereocenters. The van der Waals surface area contributed by atoms with Crippen molar-refractivity contribution in [1.29, 1.82) is 0 Å². The lowest BCUT2D eigenvalue weighted by Gasteiger charge is -2.17. The van der Waals surface area contributed by atoms with Crippen LogP contribution < -0.4 is 11.5 Å². The highest BCUT2D eigenvalue weighted by atomic mass is 35.5. The summed E-state index contributed by atoms with van der Waals surface area (Å²) in [5.74, 6) is 0.378. The van der Waals surface area contributed by atoms with Gasteiger partial charge in [0.2, 0.25) is 0 Å². The van der Waals surface area contributed by atoms with Crippen LogP contribution in [0, 0.1) is 5.92 Å². The molecule has 0 aliphatic rings. The van der Waals surface area contributed by atoms with Gasteiger partial charge in [-0.25, -0.2) is 0 Å². The summed E-state index contributed by atoms with van der Waals surface area (Å²) in [6.07, 6.45) is 0. The minimum absolute atomic E-state index is 0.0164. The van der Waals surface area contributed by atoms with Gasteiger partial charge in [-0.3, -0.25) is 0 Å². The van der Waals surface area contributed by atoms with Gasteiger partial charge < -0.3 is 11.5 Å². The third-order valence-corrected chi connectivity index (χ3v) is 2.36. The van der Waals surface area contributed by atoms with Gasteiger partial charge in [-0.15, -0.1) is 0 Å². The van der Waals surface area contributed by atoms with Crippen molar-refractivity contribution in [2.24, 2.45) is 11.7 Å². The van der Waals surface area contributed by atoms with Gasteiger partial charge in [0, 0.05) is 16.8 Å². The number of nitrogens with two attached hydrogens (primary N) is 2. The minimum atomic E-state index is -0.0164. The van der Waals surface area contributed by atoms with Crippen LogP contribution in [0.5, 0.6) is 0 Å². The van der Waals surface area contributed by atoms with Crippen molar-refractivity contribution in [3.05, 3.63) is 28.8 Å². The molecule has 0 amide bonds. The van der Waals surface area contributed by atoms with Crippen LogP contribution in [0.15, 0.2) is 18.2 Å². The summed E-state index contributed by atoms with van der Waals surface area (Å²) in [6, 6.07) is 5.42. The Hall–Kier alpha value is -0.730. The van der Waals surface area contributed by atoms with Crippen LogP contribution in [-0.4, -0.2) is 0 Å². The molecular formula is C10H15ClN2. The quantitative estimate of drug-likeness (QED) is 0.718. The highest BCUT2D eigenvalue weighted by Crippen LogP contribution is 2.26. The Morgan fingerprint density at radius 1 is 1.31 bits per heavy atom. The molecule has 0 aliphatic carbocycles. The Bertz CT molecular complexity index is 297. The lowest BCUT2D eigenvalue weighted by atomic mass is 9.96. The number of hydrogen-bond donors (Lipinski definition) is 2. The molecule has 1 aromatic carbocycles. The molecule has 0 unspecified atom stereocenters. The Morgan fingerprint density at radius 2 is 1.92 bits per heavy atom. The maximum atomic E-state index is 5.97. The smallest absolute Gasteiger partial charge is 0.0426 e. The van der Waals surface area contributed by atoms with E-state index in [9.17, 15) is 0 Å². The molecule has 13 heavy (non-hydrogen) atoms. The summed E-state index contributed by atoms with van der Waals surface area (Å²) < 4.78 is 0. The van der Waals surface area contributed by atoms with Gasteiger partial charge >= 0.3 is 0 Å². The lowest BCUT2D eigenvalue weighted by Crippen LogP contribution is -2.18. The van der Waals surface area contributed by atoms with Crippen LogP contribution in [0.2, 0.25) is 5.02 Å². The summed E-state index contributed by atoms with van der Waals surface area (Å²) in [5, 5.41) is 0.650. The number of halogens is 1. The maximum absolute atomic E-state index is 5.97. The van der Waals surface area contributed by atoms with Crippen molar-refractivity contribution >= 4 is 17.3 Å². The molecule has 2 nitrogen and oxygen atoms in total. The van der Waals surface area contributed by atoms with E-state index >= 15 is 0 Å². The summed E-state index contributed by atoms with van der Waals surface area (Å²) >= 11 is 5.78. The fourth-order valence-corrected chi connectivity index (χ4v) is 1.39. The summed E-state index contributed by atoms with van der Waals surface area (Å²) in [6.45, 7) is 4.14. The van der Waals surface area contributed by atoms with Gasteiger partial charge in [0.25, 0.3) is 0 Å². The van der Waals surface area contributed by atoms with E-state index in [0.717, 1.165) is 5.56 Å². The fourth-order valence-electron chi connectivity index (χ4n) is 1.21. The first-order chi connectivity index (χ1) is 6.02. The monoisotopic (exact) mass is 198 g/mol. The highest BCUT2D eigenvalue weighted by Gasteiger charge is 2.12. The highest BCUT2D eigenvalue weighted by molar-refractivity contribution is 6.30. The molecule has 0 bridgehead atoms. The predicted octanol–water partition coefficient (Wildman–Crippen LogP) is 2.58. The predicted molar refractivity (Wildman–Crippen MR) is 57.6 cm³/mol. The number of benzene rings is 1. The van der Waals surface area contributed by atoms with Crippen LogP contribution in [0.25, 0.3) is 0 Å². The molecule has 0 saturated heterocycles. The standard InChI is InChI=1S/C10H15ClN2/c1-6(2)10(13)8-4-3-7(11)5-9(8)12/h3-6,10H,12-13H2,1-2H3/t10-/m1/s1. The third-order valence-electron chi connectivity index (χ3n) is 2.13. The van der Waals surface area contributed by atoms with Crippen LogP contribution in [0.3, 0.4) is 0 Å². The van der Waals surface area contributed by atoms with Crippen molar-refractivity contribution in [1.82, 2.24) is 0 Å². The van der Waals surface area contributed by atoms with Gasteiger partial charge in [-0.05, 0) is 23.6 Å². The second kappa shape index (κ2) is 3.99. The van der Waals surface area contributed by atoms with Crippen LogP contribution in [-0.2, 0) is 0 Å². The van der Waals surface area contributed by atoms with Crippen molar-refractivity contribution in [2.45, 2.75) is 19.9 Å². The average Bonchev–Trinajstić information content (AvgIpc) is 2.03. The van der Waals surface area contributed by atoms with Crippen LogP contribution in [0.1, 0.15) is 25.5 Å². The van der Waals surface area contributed by atoms with Crippen molar-refractivity contribution < 1.29 is 0 Å². The van der Waals surface area contributed by atoms with Crippen molar-refractivity contribution in [2.75, 3.05) is 5.73 Å². The molecule has 1 aromatic rings. The Balaban J connectivity index is 3.01. The largest absolute Gasteiger partial charge is 0.398 e. The van der Waals surface area contributed by atoms with Crippen LogP contribution in [0.4, 0.5) is 5.69 Å². The Morgan fingerprint density at radius 3 is 2.38 bits per heavy atom. The minimum Gasteiger partial charge on any atom is -0.398 e. The summed E-state index contributed by atoms with van der Waals surface area (Å²) in [4.78, 5) is 0. The normalized spacial score (nSPS) is 13.3. The third kappa shape index (κ3) is 2.36. The zero-order valence-corrected chi connectivity index (χ0v) is 8.68. The topological polar surface area (TPSA) is 52.0 Å². The van der Waals surface area contributed by atoms with E-state index in [0.29, 0.717) is 16.6 Å². The molecule has 3 heteroatoms. The molecule has 0 spiro atoms.